The molecule has 1 unspecified atom stereocenters. The molecule has 100 valence electrons. The van der Waals surface area contributed by atoms with Gasteiger partial charge in [-0.25, -0.2) is 0 Å². The highest BCUT2D eigenvalue weighted by atomic mass is 16.5. The molecule has 0 aromatic carbocycles. The normalized spacial score (nSPS) is 24.2. The van der Waals surface area contributed by atoms with Crippen LogP contribution in [0.2, 0.25) is 0 Å². The van der Waals surface area contributed by atoms with Gasteiger partial charge in [-0.15, -0.1) is 0 Å². The molecule has 2 heterocycles. The second-order valence-electron chi connectivity index (χ2n) is 5.01. The Hall–Kier alpha value is -1.56. The van der Waals surface area contributed by atoms with Gasteiger partial charge in [-0.2, -0.15) is 5.10 Å². The van der Waals surface area contributed by atoms with Crippen LogP contribution >= 0.6 is 0 Å². The highest BCUT2D eigenvalue weighted by Crippen LogP contribution is 2.23. The maximum atomic E-state index is 12.1. The van der Waals surface area contributed by atoms with Gasteiger partial charge in [0.05, 0.1) is 5.60 Å². The average Bonchev–Trinajstić information content (AvgIpc) is 2.75. The summed E-state index contributed by atoms with van der Waals surface area (Å²) in [6.07, 6.45) is 3.67. The number of carbonyl (C=O) groups excluding carboxylic acids is 1. The molecular formula is C12H20N4O2. The van der Waals surface area contributed by atoms with E-state index in [-0.39, 0.29) is 18.1 Å². The number of carbonyl (C=O) groups is 1. The van der Waals surface area contributed by atoms with E-state index in [1.54, 1.807) is 24.1 Å². The fourth-order valence-corrected chi connectivity index (χ4v) is 2.29. The van der Waals surface area contributed by atoms with Crippen molar-refractivity contribution in [3.63, 3.8) is 0 Å². The number of nitrogens with zero attached hydrogens (tertiary/aromatic N) is 3. The Kier molecular flexibility index (Phi) is 3.56. The molecule has 1 amide bonds. The molecule has 2 N–H and O–H groups in total. The molecule has 1 aromatic rings. The SMILES string of the molecule is COC1(C)CCCN(C(=O)Cn2ccc(N)n2)C1. The Morgan fingerprint density at radius 2 is 2.44 bits per heavy atom. The summed E-state index contributed by atoms with van der Waals surface area (Å²) in [5.41, 5.74) is 5.30. The smallest absolute Gasteiger partial charge is 0.244 e. The van der Waals surface area contributed by atoms with Crippen LogP contribution in [0, 0.1) is 0 Å². The largest absolute Gasteiger partial charge is 0.382 e. The summed E-state index contributed by atoms with van der Waals surface area (Å²) in [6, 6.07) is 1.68. The van der Waals surface area contributed by atoms with Gasteiger partial charge in [-0.05, 0) is 25.8 Å². The lowest BCUT2D eigenvalue weighted by atomic mass is 9.95. The Morgan fingerprint density at radius 1 is 1.67 bits per heavy atom. The summed E-state index contributed by atoms with van der Waals surface area (Å²) in [5.74, 6) is 0.490. The number of methoxy groups -OCH3 is 1. The number of aromatic nitrogens is 2. The predicted octanol–water partition coefficient (Wildman–Crippen LogP) is 0.493. The minimum Gasteiger partial charge on any atom is -0.382 e. The summed E-state index contributed by atoms with van der Waals surface area (Å²) in [4.78, 5) is 14.0. The lowest BCUT2D eigenvalue weighted by Gasteiger charge is -2.39. The summed E-state index contributed by atoms with van der Waals surface area (Å²) < 4.78 is 7.04. The fraction of sp³-hybridized carbons (Fsp3) is 0.667. The highest BCUT2D eigenvalue weighted by molar-refractivity contribution is 5.76. The van der Waals surface area contributed by atoms with E-state index in [1.165, 1.54) is 0 Å². The number of hydrogen-bond donors (Lipinski definition) is 1. The van der Waals surface area contributed by atoms with Gasteiger partial charge in [0.15, 0.2) is 0 Å². The molecule has 6 heteroatoms. The molecule has 1 aliphatic rings. The van der Waals surface area contributed by atoms with Crippen molar-refractivity contribution in [1.29, 1.82) is 0 Å². The van der Waals surface area contributed by atoms with Crippen LogP contribution in [0.15, 0.2) is 12.3 Å². The average molecular weight is 252 g/mol. The summed E-state index contributed by atoms with van der Waals surface area (Å²) in [5, 5.41) is 4.02. The van der Waals surface area contributed by atoms with Gasteiger partial charge in [0.2, 0.25) is 5.91 Å². The van der Waals surface area contributed by atoms with Crippen molar-refractivity contribution in [2.24, 2.45) is 0 Å². The van der Waals surface area contributed by atoms with E-state index in [1.807, 2.05) is 11.8 Å². The van der Waals surface area contributed by atoms with Crippen molar-refractivity contribution in [2.75, 3.05) is 25.9 Å². The fourth-order valence-electron chi connectivity index (χ4n) is 2.29. The van der Waals surface area contributed by atoms with Gasteiger partial charge >= 0.3 is 0 Å². The van der Waals surface area contributed by atoms with Crippen LogP contribution < -0.4 is 5.73 Å². The second-order valence-corrected chi connectivity index (χ2v) is 5.01. The van der Waals surface area contributed by atoms with Crippen molar-refractivity contribution in [3.05, 3.63) is 12.3 Å². The first-order valence-corrected chi connectivity index (χ1v) is 6.14. The Bertz CT molecular complexity index is 431. The number of hydrogen-bond acceptors (Lipinski definition) is 4. The number of anilines is 1. The third-order valence-corrected chi connectivity index (χ3v) is 3.46. The summed E-state index contributed by atoms with van der Waals surface area (Å²) in [7, 11) is 1.70. The van der Waals surface area contributed by atoms with E-state index in [0.717, 1.165) is 19.4 Å². The first kappa shape index (κ1) is 12.9. The lowest BCUT2D eigenvalue weighted by Crippen LogP contribution is -2.50. The molecule has 0 bridgehead atoms. The molecule has 1 atom stereocenters. The standard InChI is InChI=1S/C12H20N4O2/c1-12(18-2)5-3-6-15(9-12)11(17)8-16-7-4-10(13)14-16/h4,7H,3,5-6,8-9H2,1-2H3,(H2,13,14). The van der Waals surface area contributed by atoms with Crippen molar-refractivity contribution < 1.29 is 9.53 Å². The van der Waals surface area contributed by atoms with Gasteiger partial charge in [0.25, 0.3) is 0 Å². The van der Waals surface area contributed by atoms with Crippen molar-refractivity contribution in [1.82, 2.24) is 14.7 Å². The van der Waals surface area contributed by atoms with E-state index >= 15 is 0 Å². The monoisotopic (exact) mass is 252 g/mol. The van der Waals surface area contributed by atoms with E-state index in [9.17, 15) is 4.79 Å². The molecule has 1 aliphatic heterocycles. The number of amides is 1. The predicted molar refractivity (Wildman–Crippen MR) is 67.9 cm³/mol. The van der Waals surface area contributed by atoms with Crippen LogP contribution in [0.25, 0.3) is 0 Å². The molecule has 2 rings (SSSR count). The zero-order valence-corrected chi connectivity index (χ0v) is 10.9. The molecule has 1 fully saturated rings. The topological polar surface area (TPSA) is 73.4 Å². The first-order chi connectivity index (χ1) is 8.52. The van der Waals surface area contributed by atoms with Gasteiger partial charge in [-0.1, -0.05) is 0 Å². The molecule has 6 nitrogen and oxygen atoms in total. The van der Waals surface area contributed by atoms with E-state index in [2.05, 4.69) is 5.10 Å². The molecule has 0 radical (unpaired) electrons. The van der Waals surface area contributed by atoms with E-state index < -0.39 is 0 Å². The Labute approximate surface area is 107 Å². The molecule has 1 saturated heterocycles. The van der Waals surface area contributed by atoms with Crippen LogP contribution in [0.4, 0.5) is 5.82 Å². The van der Waals surface area contributed by atoms with E-state index in [0.29, 0.717) is 12.4 Å². The molecule has 1 aromatic heterocycles. The second kappa shape index (κ2) is 4.97. The van der Waals surface area contributed by atoms with Gasteiger partial charge in [0.1, 0.15) is 12.4 Å². The lowest BCUT2D eigenvalue weighted by molar-refractivity contribution is -0.140. The number of likely N-dealkylation sites (tertiary alicyclic amines) is 1. The van der Waals surface area contributed by atoms with Crippen LogP contribution in [-0.2, 0) is 16.1 Å². The summed E-state index contributed by atoms with van der Waals surface area (Å²) in [6.45, 7) is 3.70. The van der Waals surface area contributed by atoms with Crippen molar-refractivity contribution in [3.8, 4) is 0 Å². The van der Waals surface area contributed by atoms with E-state index in [4.69, 9.17) is 10.5 Å². The molecule has 0 spiro atoms. The van der Waals surface area contributed by atoms with Gasteiger partial charge in [-0.3, -0.25) is 9.48 Å². The number of ether oxygens (including phenoxy) is 1. The van der Waals surface area contributed by atoms with Crippen LogP contribution in [0.3, 0.4) is 0 Å². The van der Waals surface area contributed by atoms with Crippen LogP contribution in [-0.4, -0.2) is 46.4 Å². The van der Waals surface area contributed by atoms with Gasteiger partial charge in [0, 0.05) is 26.4 Å². The third-order valence-electron chi connectivity index (χ3n) is 3.46. The molecule has 0 saturated carbocycles. The maximum Gasteiger partial charge on any atom is 0.244 e. The number of piperidine rings is 1. The zero-order chi connectivity index (χ0) is 13.2. The van der Waals surface area contributed by atoms with Gasteiger partial charge < -0.3 is 15.4 Å². The Balaban J connectivity index is 1.96. The molecular weight excluding hydrogens is 232 g/mol. The third kappa shape index (κ3) is 2.81. The van der Waals surface area contributed by atoms with Crippen molar-refractivity contribution in [2.45, 2.75) is 31.9 Å². The highest BCUT2D eigenvalue weighted by Gasteiger charge is 2.32. The minimum atomic E-state index is -0.225. The number of nitrogens with two attached hydrogens (primary N) is 1. The van der Waals surface area contributed by atoms with Crippen LogP contribution in [0.1, 0.15) is 19.8 Å². The van der Waals surface area contributed by atoms with Crippen LogP contribution in [0.5, 0.6) is 0 Å². The number of nitrogen functional groups attached to an aromatic ring is 1. The summed E-state index contributed by atoms with van der Waals surface area (Å²) >= 11 is 0. The molecule has 18 heavy (non-hydrogen) atoms. The quantitative estimate of drug-likeness (QED) is 0.849. The maximum absolute atomic E-state index is 12.1. The number of rotatable bonds is 3. The minimum absolute atomic E-state index is 0.0566. The first-order valence-electron chi connectivity index (χ1n) is 6.14. The zero-order valence-electron chi connectivity index (χ0n) is 10.9. The molecule has 0 aliphatic carbocycles. The Morgan fingerprint density at radius 3 is 3.06 bits per heavy atom. The van der Waals surface area contributed by atoms with Crippen molar-refractivity contribution >= 4 is 11.7 Å².